The van der Waals surface area contributed by atoms with Gasteiger partial charge in [-0.2, -0.15) is 9.61 Å². The molecule has 8 nitrogen and oxygen atoms in total. The first-order valence-electron chi connectivity index (χ1n) is 7.43. The molecule has 0 spiro atoms. The van der Waals surface area contributed by atoms with Crippen LogP contribution in [0.4, 0.5) is 0 Å². The maximum Gasteiger partial charge on any atom is 0.325 e. The molecule has 0 aromatic carbocycles. The molecule has 1 N–H and O–H groups in total. The fourth-order valence-corrected chi connectivity index (χ4v) is 3.46. The summed E-state index contributed by atoms with van der Waals surface area (Å²) < 4.78 is 6.29. The van der Waals surface area contributed by atoms with Crippen molar-refractivity contribution in [1.29, 1.82) is 0 Å². The topological polar surface area (TPSA) is 103 Å². The molecule has 3 aromatic heterocycles. The number of hydrogen-bond donors (Lipinski definition) is 1. The van der Waals surface area contributed by atoms with Gasteiger partial charge in [0.25, 0.3) is 11.5 Å². The number of nitrogens with zero attached hydrogens (tertiary/aromatic N) is 3. The maximum atomic E-state index is 12.0. The lowest BCUT2D eigenvalue weighted by Gasteiger charge is -2.05. The van der Waals surface area contributed by atoms with Gasteiger partial charge in [-0.15, -0.1) is 11.3 Å². The number of amides is 1. The van der Waals surface area contributed by atoms with Gasteiger partial charge in [0.2, 0.25) is 4.96 Å². The molecule has 1 amide bonds. The molecule has 0 atom stereocenters. The molecule has 10 heteroatoms. The average molecular weight is 378 g/mol. The molecule has 0 saturated heterocycles. The number of ether oxygens (including phenoxy) is 1. The minimum absolute atomic E-state index is 0.140. The SMILES string of the molecule is CCc1nn2c(=O)cc(COC(=O)CNC(=O)c3cccs3)nc2s1. The summed E-state index contributed by atoms with van der Waals surface area (Å²) in [5, 5.41) is 9.20. The highest BCUT2D eigenvalue weighted by Crippen LogP contribution is 2.12. The van der Waals surface area contributed by atoms with Crippen molar-refractivity contribution in [2.45, 2.75) is 20.0 Å². The van der Waals surface area contributed by atoms with Crippen LogP contribution in [0.25, 0.3) is 4.96 Å². The number of rotatable bonds is 6. The zero-order chi connectivity index (χ0) is 17.8. The normalized spacial score (nSPS) is 10.8. The Morgan fingerprint density at radius 3 is 2.96 bits per heavy atom. The molecule has 0 saturated carbocycles. The second kappa shape index (κ2) is 7.53. The van der Waals surface area contributed by atoms with E-state index in [2.05, 4.69) is 15.4 Å². The van der Waals surface area contributed by atoms with Crippen molar-refractivity contribution in [3.05, 3.63) is 49.5 Å². The van der Waals surface area contributed by atoms with Gasteiger partial charge in [-0.25, -0.2) is 4.98 Å². The molecular formula is C15H14N4O4S2. The van der Waals surface area contributed by atoms with Crippen LogP contribution >= 0.6 is 22.7 Å². The van der Waals surface area contributed by atoms with Gasteiger partial charge in [0.05, 0.1) is 10.6 Å². The molecule has 25 heavy (non-hydrogen) atoms. The third kappa shape index (κ3) is 4.09. The zero-order valence-electron chi connectivity index (χ0n) is 13.2. The Bertz CT molecular complexity index is 962. The summed E-state index contributed by atoms with van der Waals surface area (Å²) >= 11 is 2.60. The Morgan fingerprint density at radius 1 is 1.40 bits per heavy atom. The van der Waals surface area contributed by atoms with E-state index >= 15 is 0 Å². The molecule has 3 heterocycles. The Labute approximate surface area is 150 Å². The third-order valence-corrected chi connectivity index (χ3v) is 5.08. The van der Waals surface area contributed by atoms with Crippen LogP contribution in [-0.2, 0) is 22.6 Å². The quantitative estimate of drug-likeness (QED) is 0.648. The Balaban J connectivity index is 1.57. The van der Waals surface area contributed by atoms with Crippen molar-refractivity contribution in [2.75, 3.05) is 6.54 Å². The maximum absolute atomic E-state index is 12.0. The van der Waals surface area contributed by atoms with E-state index in [1.807, 2.05) is 6.92 Å². The number of esters is 1. The van der Waals surface area contributed by atoms with Crippen molar-refractivity contribution in [1.82, 2.24) is 19.9 Å². The van der Waals surface area contributed by atoms with Gasteiger partial charge >= 0.3 is 5.97 Å². The Morgan fingerprint density at radius 2 is 2.24 bits per heavy atom. The molecule has 0 unspecified atom stereocenters. The highest BCUT2D eigenvalue weighted by molar-refractivity contribution is 7.16. The zero-order valence-corrected chi connectivity index (χ0v) is 14.9. The molecule has 0 radical (unpaired) electrons. The van der Waals surface area contributed by atoms with Crippen molar-refractivity contribution < 1.29 is 14.3 Å². The molecule has 0 aliphatic heterocycles. The van der Waals surface area contributed by atoms with Crippen LogP contribution in [0.2, 0.25) is 0 Å². The van der Waals surface area contributed by atoms with Crippen LogP contribution in [-0.4, -0.2) is 33.0 Å². The molecule has 0 aliphatic carbocycles. The summed E-state index contributed by atoms with van der Waals surface area (Å²) in [6.07, 6.45) is 0.710. The van der Waals surface area contributed by atoms with Crippen LogP contribution in [0.5, 0.6) is 0 Å². The van der Waals surface area contributed by atoms with Crippen LogP contribution in [0.3, 0.4) is 0 Å². The smallest absolute Gasteiger partial charge is 0.325 e. The summed E-state index contributed by atoms with van der Waals surface area (Å²) in [6.45, 7) is 1.55. The summed E-state index contributed by atoms with van der Waals surface area (Å²) in [5.41, 5.74) is 0.0206. The van der Waals surface area contributed by atoms with Crippen LogP contribution in [0.15, 0.2) is 28.4 Å². The predicted octanol–water partition coefficient (Wildman–Crippen LogP) is 1.25. The van der Waals surface area contributed by atoms with E-state index < -0.39 is 5.97 Å². The fourth-order valence-electron chi connectivity index (χ4n) is 1.97. The predicted molar refractivity (Wildman–Crippen MR) is 93.0 cm³/mol. The summed E-state index contributed by atoms with van der Waals surface area (Å²) in [7, 11) is 0. The Hall–Kier alpha value is -2.59. The lowest BCUT2D eigenvalue weighted by Crippen LogP contribution is -2.30. The van der Waals surface area contributed by atoms with E-state index in [0.29, 0.717) is 22.0 Å². The van der Waals surface area contributed by atoms with E-state index in [9.17, 15) is 14.4 Å². The molecule has 0 aliphatic rings. The number of carbonyl (C=O) groups excluding carboxylic acids is 2. The summed E-state index contributed by atoms with van der Waals surface area (Å²) in [5.74, 6) is -0.938. The second-order valence-corrected chi connectivity index (χ2v) is 6.94. The van der Waals surface area contributed by atoms with E-state index in [0.717, 1.165) is 5.01 Å². The number of aromatic nitrogens is 3. The number of thiophene rings is 1. The van der Waals surface area contributed by atoms with E-state index in [-0.39, 0.29) is 24.6 Å². The average Bonchev–Trinajstić information content (AvgIpc) is 3.27. The largest absolute Gasteiger partial charge is 0.458 e. The number of aryl methyl sites for hydroxylation is 1. The molecule has 3 rings (SSSR count). The van der Waals surface area contributed by atoms with Crippen LogP contribution in [0, 0.1) is 0 Å². The molecule has 130 valence electrons. The Kier molecular flexibility index (Phi) is 5.19. The van der Waals surface area contributed by atoms with Crippen LogP contribution < -0.4 is 10.9 Å². The molecule has 0 bridgehead atoms. The van der Waals surface area contributed by atoms with E-state index in [1.165, 1.54) is 33.3 Å². The van der Waals surface area contributed by atoms with Gasteiger partial charge < -0.3 is 10.1 Å². The lowest BCUT2D eigenvalue weighted by molar-refractivity contribution is -0.143. The molecule has 0 fully saturated rings. The number of carbonyl (C=O) groups is 2. The lowest BCUT2D eigenvalue weighted by atomic mass is 10.4. The second-order valence-electron chi connectivity index (χ2n) is 4.95. The molecular weight excluding hydrogens is 364 g/mol. The van der Waals surface area contributed by atoms with Crippen LogP contribution in [0.1, 0.15) is 27.3 Å². The minimum Gasteiger partial charge on any atom is -0.458 e. The highest BCUT2D eigenvalue weighted by atomic mass is 32.1. The highest BCUT2D eigenvalue weighted by Gasteiger charge is 2.12. The first kappa shape index (κ1) is 17.2. The van der Waals surface area contributed by atoms with E-state index in [1.54, 1.807) is 17.5 Å². The van der Waals surface area contributed by atoms with Crippen molar-refractivity contribution in [2.24, 2.45) is 0 Å². The van der Waals surface area contributed by atoms with Crippen molar-refractivity contribution in [3.63, 3.8) is 0 Å². The number of hydrogen-bond acceptors (Lipinski definition) is 8. The third-order valence-electron chi connectivity index (χ3n) is 3.16. The minimum atomic E-state index is -0.606. The van der Waals surface area contributed by atoms with E-state index in [4.69, 9.17) is 4.74 Å². The van der Waals surface area contributed by atoms with Crippen molar-refractivity contribution in [3.8, 4) is 0 Å². The monoisotopic (exact) mass is 378 g/mol. The van der Waals surface area contributed by atoms with Crippen molar-refractivity contribution >= 4 is 39.5 Å². The van der Waals surface area contributed by atoms with Gasteiger partial charge in [0, 0.05) is 6.07 Å². The summed E-state index contributed by atoms with van der Waals surface area (Å²) in [4.78, 5) is 40.7. The van der Waals surface area contributed by atoms with Gasteiger partial charge in [-0.05, 0) is 17.9 Å². The standard InChI is InChI=1S/C15H14N4O4S2/c1-2-11-18-19-12(20)6-9(17-15(19)25-11)8-23-13(21)7-16-14(22)10-4-3-5-24-10/h3-6H,2,7-8H2,1H3,(H,16,22). The van der Waals surface area contributed by atoms with Gasteiger partial charge in [-0.3, -0.25) is 14.4 Å². The fraction of sp³-hybridized carbons (Fsp3) is 0.267. The van der Waals surface area contributed by atoms with Gasteiger partial charge in [0.15, 0.2) is 0 Å². The van der Waals surface area contributed by atoms with Gasteiger partial charge in [0.1, 0.15) is 18.2 Å². The first-order valence-corrected chi connectivity index (χ1v) is 9.12. The number of fused-ring (bicyclic) bond motifs is 1. The summed E-state index contributed by atoms with van der Waals surface area (Å²) in [6, 6.07) is 4.70. The number of nitrogens with one attached hydrogen (secondary N) is 1. The first-order chi connectivity index (χ1) is 12.1. The van der Waals surface area contributed by atoms with Gasteiger partial charge in [-0.1, -0.05) is 24.3 Å². The molecule has 3 aromatic rings.